The first kappa shape index (κ1) is 10.5. The molecule has 6 heteroatoms. The average Bonchev–Trinajstić information content (AvgIpc) is 2.51. The minimum absolute atomic E-state index is 0.146. The number of rotatable bonds is 1. The summed E-state index contributed by atoms with van der Waals surface area (Å²) in [4.78, 5) is 23.0. The second-order valence-corrected chi connectivity index (χ2v) is 3.49. The third-order valence-corrected chi connectivity index (χ3v) is 2.31. The lowest BCUT2D eigenvalue weighted by Crippen LogP contribution is -2.28. The van der Waals surface area contributed by atoms with Gasteiger partial charge in [0.05, 0.1) is 5.69 Å². The van der Waals surface area contributed by atoms with Crippen LogP contribution in [0.1, 0.15) is 5.56 Å². The van der Waals surface area contributed by atoms with Crippen LogP contribution >= 0.6 is 0 Å². The van der Waals surface area contributed by atoms with Crippen LogP contribution in [0.4, 0.5) is 19.3 Å². The minimum Gasteiger partial charge on any atom is -0.282 e. The molecule has 0 radical (unpaired) electrons. The van der Waals surface area contributed by atoms with Crippen molar-refractivity contribution in [3.05, 3.63) is 29.3 Å². The Morgan fingerprint density at radius 3 is 2.50 bits per heavy atom. The third-order valence-electron chi connectivity index (χ3n) is 2.31. The summed E-state index contributed by atoms with van der Waals surface area (Å²) in [6.07, 6.45) is 0. The van der Waals surface area contributed by atoms with Crippen LogP contribution in [0.2, 0.25) is 0 Å². The summed E-state index contributed by atoms with van der Waals surface area (Å²) in [6.45, 7) is 1.12. The molecule has 1 aromatic rings. The van der Waals surface area contributed by atoms with Crippen LogP contribution in [0.5, 0.6) is 0 Å². The molecule has 0 aliphatic carbocycles. The monoisotopic (exact) mass is 226 g/mol. The fourth-order valence-corrected chi connectivity index (χ4v) is 1.48. The third kappa shape index (κ3) is 1.62. The van der Waals surface area contributed by atoms with Crippen LogP contribution in [0.25, 0.3) is 0 Å². The standard InChI is InChI=1S/C10H8F2N2O2/c1-5-2-7(12)8(3-6(5)11)14-4-9(15)13-10(14)16/h2-3H,4H2,1H3,(H,13,15,16). The van der Waals surface area contributed by atoms with Crippen molar-refractivity contribution in [1.29, 1.82) is 0 Å². The highest BCUT2D eigenvalue weighted by molar-refractivity contribution is 6.12. The molecule has 4 nitrogen and oxygen atoms in total. The van der Waals surface area contributed by atoms with Gasteiger partial charge >= 0.3 is 6.03 Å². The molecule has 84 valence electrons. The van der Waals surface area contributed by atoms with Gasteiger partial charge in [0, 0.05) is 6.07 Å². The van der Waals surface area contributed by atoms with Crippen molar-refractivity contribution in [1.82, 2.24) is 5.32 Å². The molecule has 0 atom stereocenters. The van der Waals surface area contributed by atoms with E-state index < -0.39 is 23.6 Å². The number of amides is 3. The number of urea groups is 1. The van der Waals surface area contributed by atoms with Gasteiger partial charge in [-0.05, 0) is 18.6 Å². The van der Waals surface area contributed by atoms with Crippen LogP contribution < -0.4 is 10.2 Å². The van der Waals surface area contributed by atoms with Crippen LogP contribution in [-0.4, -0.2) is 18.5 Å². The lowest BCUT2D eigenvalue weighted by Gasteiger charge is -2.14. The Balaban J connectivity index is 2.45. The van der Waals surface area contributed by atoms with E-state index in [9.17, 15) is 18.4 Å². The van der Waals surface area contributed by atoms with Crippen LogP contribution in [0.3, 0.4) is 0 Å². The molecule has 16 heavy (non-hydrogen) atoms. The Bertz CT molecular complexity index is 488. The van der Waals surface area contributed by atoms with Crippen LogP contribution in [0, 0.1) is 18.6 Å². The highest BCUT2D eigenvalue weighted by Gasteiger charge is 2.30. The van der Waals surface area contributed by atoms with Crippen molar-refractivity contribution < 1.29 is 18.4 Å². The second kappa shape index (κ2) is 3.55. The number of benzene rings is 1. The van der Waals surface area contributed by atoms with Gasteiger partial charge in [0.2, 0.25) is 5.91 Å². The molecule has 0 saturated carbocycles. The number of halogens is 2. The summed E-state index contributed by atoms with van der Waals surface area (Å²) in [5.41, 5.74) is -0.0846. The number of nitrogens with zero attached hydrogens (tertiary/aromatic N) is 1. The Kier molecular flexibility index (Phi) is 2.34. The molecule has 1 heterocycles. The Labute approximate surface area is 89.8 Å². The smallest absolute Gasteiger partial charge is 0.282 e. The molecular weight excluding hydrogens is 218 g/mol. The topological polar surface area (TPSA) is 49.4 Å². The largest absolute Gasteiger partial charge is 0.329 e. The summed E-state index contributed by atoms with van der Waals surface area (Å²) in [5, 5.41) is 1.99. The second-order valence-electron chi connectivity index (χ2n) is 3.49. The molecular formula is C10H8F2N2O2. The van der Waals surface area contributed by atoms with E-state index >= 15 is 0 Å². The average molecular weight is 226 g/mol. The van der Waals surface area contributed by atoms with E-state index in [1.165, 1.54) is 6.92 Å². The van der Waals surface area contributed by atoms with Gasteiger partial charge in [-0.1, -0.05) is 0 Å². The van der Waals surface area contributed by atoms with Crippen molar-refractivity contribution in [2.24, 2.45) is 0 Å². The van der Waals surface area contributed by atoms with E-state index in [4.69, 9.17) is 0 Å². The molecule has 2 rings (SSSR count). The van der Waals surface area contributed by atoms with Crippen molar-refractivity contribution in [3.63, 3.8) is 0 Å². The zero-order chi connectivity index (χ0) is 11.9. The lowest BCUT2D eigenvalue weighted by atomic mass is 10.2. The molecule has 0 aromatic heterocycles. The summed E-state index contributed by atoms with van der Waals surface area (Å²) >= 11 is 0. The Hall–Kier alpha value is -1.98. The molecule has 1 aliphatic rings. The van der Waals surface area contributed by atoms with Crippen molar-refractivity contribution >= 4 is 17.6 Å². The number of nitrogens with one attached hydrogen (secondary N) is 1. The number of hydrogen-bond acceptors (Lipinski definition) is 2. The summed E-state index contributed by atoms with van der Waals surface area (Å²) in [5.74, 6) is -1.89. The van der Waals surface area contributed by atoms with Gasteiger partial charge in [0.1, 0.15) is 18.2 Å². The van der Waals surface area contributed by atoms with E-state index in [-0.39, 0.29) is 17.8 Å². The van der Waals surface area contributed by atoms with Gasteiger partial charge in [0.25, 0.3) is 0 Å². The minimum atomic E-state index is -0.743. The molecule has 1 saturated heterocycles. The number of hydrogen-bond donors (Lipinski definition) is 1. The molecule has 3 amide bonds. The molecule has 1 aromatic carbocycles. The number of carbonyl (C=O) groups excluding carboxylic acids is 2. The lowest BCUT2D eigenvalue weighted by molar-refractivity contribution is -0.117. The number of aryl methyl sites for hydroxylation is 1. The molecule has 1 fully saturated rings. The van der Waals surface area contributed by atoms with E-state index in [0.717, 1.165) is 17.0 Å². The van der Waals surface area contributed by atoms with Crippen molar-refractivity contribution in [3.8, 4) is 0 Å². The van der Waals surface area contributed by atoms with Crippen LogP contribution in [-0.2, 0) is 4.79 Å². The summed E-state index contributed by atoms with van der Waals surface area (Å²) < 4.78 is 26.7. The highest BCUT2D eigenvalue weighted by atomic mass is 19.1. The predicted molar refractivity (Wildman–Crippen MR) is 52.0 cm³/mol. The van der Waals surface area contributed by atoms with Crippen molar-refractivity contribution in [2.75, 3.05) is 11.4 Å². The Morgan fingerprint density at radius 2 is 1.94 bits per heavy atom. The van der Waals surface area contributed by atoms with E-state index in [1.807, 2.05) is 5.32 Å². The predicted octanol–water partition coefficient (Wildman–Crippen LogP) is 1.33. The SMILES string of the molecule is Cc1cc(F)c(N2CC(=O)NC2=O)cc1F. The number of anilines is 1. The molecule has 1 aliphatic heterocycles. The van der Waals surface area contributed by atoms with Gasteiger partial charge < -0.3 is 0 Å². The maximum atomic E-state index is 13.5. The highest BCUT2D eigenvalue weighted by Crippen LogP contribution is 2.24. The Morgan fingerprint density at radius 1 is 1.25 bits per heavy atom. The van der Waals surface area contributed by atoms with E-state index in [0.29, 0.717) is 0 Å². The zero-order valence-electron chi connectivity index (χ0n) is 8.38. The fraction of sp³-hybridized carbons (Fsp3) is 0.200. The van der Waals surface area contributed by atoms with Gasteiger partial charge in [-0.15, -0.1) is 0 Å². The molecule has 0 unspecified atom stereocenters. The first-order chi connectivity index (χ1) is 7.49. The summed E-state index contributed by atoms with van der Waals surface area (Å²) in [7, 11) is 0. The zero-order valence-corrected chi connectivity index (χ0v) is 8.38. The molecule has 0 spiro atoms. The maximum absolute atomic E-state index is 13.5. The van der Waals surface area contributed by atoms with Gasteiger partial charge in [-0.25, -0.2) is 13.6 Å². The van der Waals surface area contributed by atoms with E-state index in [2.05, 4.69) is 0 Å². The summed E-state index contributed by atoms with van der Waals surface area (Å²) in [6, 6.07) is 1.15. The first-order valence-corrected chi connectivity index (χ1v) is 4.56. The molecule has 1 N–H and O–H groups in total. The number of imide groups is 1. The first-order valence-electron chi connectivity index (χ1n) is 4.56. The van der Waals surface area contributed by atoms with E-state index in [1.54, 1.807) is 0 Å². The molecule has 0 bridgehead atoms. The number of carbonyl (C=O) groups is 2. The fourth-order valence-electron chi connectivity index (χ4n) is 1.48. The maximum Gasteiger partial charge on any atom is 0.329 e. The quantitative estimate of drug-likeness (QED) is 0.734. The normalized spacial score (nSPS) is 15.6. The van der Waals surface area contributed by atoms with Gasteiger partial charge in [-0.2, -0.15) is 0 Å². The van der Waals surface area contributed by atoms with Crippen LogP contribution in [0.15, 0.2) is 12.1 Å². The van der Waals surface area contributed by atoms with Gasteiger partial charge in [0.15, 0.2) is 0 Å². The van der Waals surface area contributed by atoms with Gasteiger partial charge in [-0.3, -0.25) is 15.0 Å². The van der Waals surface area contributed by atoms with Crippen molar-refractivity contribution in [2.45, 2.75) is 6.92 Å².